The van der Waals surface area contributed by atoms with Crippen LogP contribution in [-0.4, -0.2) is 27.3 Å². The van der Waals surface area contributed by atoms with E-state index in [4.69, 9.17) is 4.52 Å². The van der Waals surface area contributed by atoms with E-state index in [1.54, 1.807) is 26.0 Å². The van der Waals surface area contributed by atoms with Gasteiger partial charge in [0.25, 0.3) is 0 Å². The Labute approximate surface area is 145 Å². The van der Waals surface area contributed by atoms with E-state index in [0.717, 1.165) is 6.42 Å². The number of nitrogens with one attached hydrogen (secondary N) is 1. The van der Waals surface area contributed by atoms with Crippen LogP contribution in [0.3, 0.4) is 0 Å². The summed E-state index contributed by atoms with van der Waals surface area (Å²) in [7, 11) is 0. The number of benzene rings is 1. The number of aromatic nitrogens is 2. The standard InChI is InChI=1S/C16H20FN3O3.ClH/c1-4-5-13(16(21)22)18-10(3)15-19-14(20-23-15)11-6-7-12(17)9(2)8-11;/h6-8,10,13,18H,4-5H2,1-3H3,(H,21,22);1H. The Hall–Kier alpha value is -1.99. The van der Waals surface area contributed by atoms with Crippen LogP contribution in [0, 0.1) is 12.7 Å². The molecule has 0 fully saturated rings. The molecule has 2 unspecified atom stereocenters. The molecule has 0 spiro atoms. The number of carboxylic acid groups (broad SMARTS) is 1. The zero-order chi connectivity index (χ0) is 17.0. The molecule has 0 saturated carbocycles. The van der Waals surface area contributed by atoms with Crippen LogP contribution in [-0.2, 0) is 4.79 Å². The monoisotopic (exact) mass is 357 g/mol. The summed E-state index contributed by atoms with van der Waals surface area (Å²) >= 11 is 0. The van der Waals surface area contributed by atoms with Crippen LogP contribution in [0.15, 0.2) is 22.7 Å². The maximum atomic E-state index is 13.3. The topological polar surface area (TPSA) is 88.3 Å². The van der Waals surface area contributed by atoms with Crippen molar-refractivity contribution in [3.8, 4) is 11.4 Å². The van der Waals surface area contributed by atoms with E-state index in [0.29, 0.717) is 29.3 Å². The molecule has 8 heteroatoms. The van der Waals surface area contributed by atoms with Crippen molar-refractivity contribution in [2.45, 2.75) is 45.7 Å². The maximum Gasteiger partial charge on any atom is 0.320 e. The minimum atomic E-state index is -0.910. The summed E-state index contributed by atoms with van der Waals surface area (Å²) in [5.74, 6) is -0.563. The number of nitrogens with zero attached hydrogens (tertiary/aromatic N) is 2. The fourth-order valence-corrected chi connectivity index (χ4v) is 2.25. The van der Waals surface area contributed by atoms with E-state index >= 15 is 0 Å². The quantitative estimate of drug-likeness (QED) is 0.788. The van der Waals surface area contributed by atoms with E-state index in [-0.39, 0.29) is 18.2 Å². The summed E-state index contributed by atoms with van der Waals surface area (Å²) in [6.07, 6.45) is 1.26. The summed E-state index contributed by atoms with van der Waals surface area (Å²) < 4.78 is 18.5. The third-order valence-electron chi connectivity index (χ3n) is 3.55. The van der Waals surface area contributed by atoms with Crippen LogP contribution in [0.25, 0.3) is 11.4 Å². The molecule has 1 aromatic carbocycles. The Balaban J connectivity index is 0.00000288. The third kappa shape index (κ3) is 4.75. The molecular weight excluding hydrogens is 337 g/mol. The van der Waals surface area contributed by atoms with Gasteiger partial charge in [-0.15, -0.1) is 12.4 Å². The lowest BCUT2D eigenvalue weighted by Gasteiger charge is -2.16. The van der Waals surface area contributed by atoms with Crippen LogP contribution in [0.2, 0.25) is 0 Å². The highest BCUT2D eigenvalue weighted by Gasteiger charge is 2.23. The minimum absolute atomic E-state index is 0. The van der Waals surface area contributed by atoms with Crippen LogP contribution in [0.5, 0.6) is 0 Å². The molecule has 0 aliphatic carbocycles. The summed E-state index contributed by atoms with van der Waals surface area (Å²) in [5.41, 5.74) is 1.14. The normalized spacial score (nSPS) is 13.2. The molecule has 1 heterocycles. The van der Waals surface area contributed by atoms with Crippen LogP contribution in [0.4, 0.5) is 4.39 Å². The van der Waals surface area contributed by atoms with Gasteiger partial charge in [0.1, 0.15) is 11.9 Å². The maximum absolute atomic E-state index is 13.3. The fraction of sp³-hybridized carbons (Fsp3) is 0.438. The molecule has 0 radical (unpaired) electrons. The van der Waals surface area contributed by atoms with Gasteiger partial charge in [0.15, 0.2) is 0 Å². The van der Waals surface area contributed by atoms with Gasteiger partial charge < -0.3 is 9.63 Å². The van der Waals surface area contributed by atoms with Gasteiger partial charge >= 0.3 is 5.97 Å². The zero-order valence-electron chi connectivity index (χ0n) is 13.7. The van der Waals surface area contributed by atoms with Crippen molar-refractivity contribution < 1.29 is 18.8 Å². The van der Waals surface area contributed by atoms with Crippen molar-refractivity contribution in [2.24, 2.45) is 0 Å². The third-order valence-corrected chi connectivity index (χ3v) is 3.55. The Morgan fingerprint density at radius 3 is 2.75 bits per heavy atom. The van der Waals surface area contributed by atoms with E-state index in [9.17, 15) is 14.3 Å². The molecule has 0 aliphatic rings. The van der Waals surface area contributed by atoms with Crippen LogP contribution < -0.4 is 5.32 Å². The molecule has 2 atom stereocenters. The van der Waals surface area contributed by atoms with Crippen molar-refractivity contribution in [3.63, 3.8) is 0 Å². The number of carbonyl (C=O) groups is 1. The summed E-state index contributed by atoms with van der Waals surface area (Å²) in [6, 6.07) is 3.50. The predicted molar refractivity (Wildman–Crippen MR) is 89.6 cm³/mol. The number of hydrogen-bond acceptors (Lipinski definition) is 5. The lowest BCUT2D eigenvalue weighted by molar-refractivity contribution is -0.139. The molecule has 2 rings (SSSR count). The van der Waals surface area contributed by atoms with Gasteiger partial charge in [-0.3, -0.25) is 10.1 Å². The lowest BCUT2D eigenvalue weighted by Crippen LogP contribution is -2.38. The van der Waals surface area contributed by atoms with E-state index in [2.05, 4.69) is 15.5 Å². The van der Waals surface area contributed by atoms with E-state index < -0.39 is 18.1 Å². The van der Waals surface area contributed by atoms with Gasteiger partial charge in [-0.25, -0.2) is 4.39 Å². The van der Waals surface area contributed by atoms with Gasteiger partial charge in [0.05, 0.1) is 6.04 Å². The highest BCUT2D eigenvalue weighted by Crippen LogP contribution is 2.21. The van der Waals surface area contributed by atoms with Crippen molar-refractivity contribution in [2.75, 3.05) is 0 Å². The predicted octanol–water partition coefficient (Wildman–Crippen LogP) is 3.51. The van der Waals surface area contributed by atoms with Gasteiger partial charge in [-0.2, -0.15) is 4.98 Å². The number of carboxylic acids is 1. The number of halogens is 2. The molecule has 2 N–H and O–H groups in total. The molecule has 0 bridgehead atoms. The van der Waals surface area contributed by atoms with Gasteiger partial charge in [0.2, 0.25) is 11.7 Å². The average molecular weight is 358 g/mol. The second-order valence-corrected chi connectivity index (χ2v) is 5.49. The lowest BCUT2D eigenvalue weighted by atomic mass is 10.1. The highest BCUT2D eigenvalue weighted by atomic mass is 35.5. The van der Waals surface area contributed by atoms with Crippen molar-refractivity contribution in [1.82, 2.24) is 15.5 Å². The molecule has 2 aromatic rings. The molecule has 1 aromatic heterocycles. The largest absolute Gasteiger partial charge is 0.480 e. The molecule has 0 saturated heterocycles. The second-order valence-electron chi connectivity index (χ2n) is 5.49. The molecule has 0 amide bonds. The highest BCUT2D eigenvalue weighted by molar-refractivity contribution is 5.85. The van der Waals surface area contributed by atoms with E-state index in [1.165, 1.54) is 6.07 Å². The first-order chi connectivity index (χ1) is 10.9. The van der Waals surface area contributed by atoms with Crippen molar-refractivity contribution in [3.05, 3.63) is 35.5 Å². The average Bonchev–Trinajstić information content (AvgIpc) is 2.99. The number of rotatable bonds is 7. The number of hydrogen-bond donors (Lipinski definition) is 2. The molecule has 6 nitrogen and oxygen atoms in total. The summed E-state index contributed by atoms with van der Waals surface area (Å²) in [6.45, 7) is 5.34. The molecular formula is C16H21ClFN3O3. The van der Waals surface area contributed by atoms with Crippen molar-refractivity contribution >= 4 is 18.4 Å². The van der Waals surface area contributed by atoms with Crippen LogP contribution in [0.1, 0.15) is 44.2 Å². The Kier molecular flexibility index (Phi) is 7.31. The van der Waals surface area contributed by atoms with Crippen molar-refractivity contribution in [1.29, 1.82) is 0 Å². The van der Waals surface area contributed by atoms with Gasteiger partial charge in [0, 0.05) is 5.56 Å². The Bertz CT molecular complexity index is 693. The first-order valence-electron chi connectivity index (χ1n) is 7.51. The summed E-state index contributed by atoms with van der Waals surface area (Å²) in [4.78, 5) is 15.5. The SMILES string of the molecule is CCCC(NC(C)c1nc(-c2ccc(F)c(C)c2)no1)C(=O)O.Cl. The Morgan fingerprint density at radius 2 is 2.17 bits per heavy atom. The molecule has 0 aliphatic heterocycles. The summed E-state index contributed by atoms with van der Waals surface area (Å²) in [5, 5.41) is 16.0. The smallest absolute Gasteiger partial charge is 0.320 e. The number of aliphatic carboxylic acids is 1. The number of aryl methyl sites for hydroxylation is 1. The first kappa shape index (κ1) is 20.1. The van der Waals surface area contributed by atoms with Crippen LogP contribution >= 0.6 is 12.4 Å². The van der Waals surface area contributed by atoms with E-state index in [1.807, 2.05) is 6.92 Å². The zero-order valence-corrected chi connectivity index (χ0v) is 14.6. The minimum Gasteiger partial charge on any atom is -0.480 e. The second kappa shape index (κ2) is 8.75. The van der Waals surface area contributed by atoms with Gasteiger partial charge in [-0.05, 0) is 44.0 Å². The Morgan fingerprint density at radius 1 is 1.46 bits per heavy atom. The fourth-order valence-electron chi connectivity index (χ4n) is 2.25. The van der Waals surface area contributed by atoms with Gasteiger partial charge in [-0.1, -0.05) is 18.5 Å². The molecule has 132 valence electrons. The first-order valence-corrected chi connectivity index (χ1v) is 7.51. The molecule has 24 heavy (non-hydrogen) atoms.